The van der Waals surface area contributed by atoms with Crippen LogP contribution in [0.2, 0.25) is 0 Å². The minimum absolute atomic E-state index is 0.0365. The Bertz CT molecular complexity index is 1410. The molecule has 1 aliphatic heterocycles. The lowest BCUT2D eigenvalue weighted by molar-refractivity contribution is 0.360. The molecular weight excluding hydrogens is 448 g/mol. The van der Waals surface area contributed by atoms with Crippen LogP contribution in [0.5, 0.6) is 17.2 Å². The van der Waals surface area contributed by atoms with E-state index in [1.165, 1.54) is 14.2 Å². The first-order valence-electron chi connectivity index (χ1n) is 10.3. The van der Waals surface area contributed by atoms with Crippen molar-refractivity contribution in [1.82, 2.24) is 14.9 Å². The van der Waals surface area contributed by atoms with Crippen LogP contribution in [0.4, 0.5) is 5.82 Å². The number of fused-ring (bicyclic) bond motifs is 3. The van der Waals surface area contributed by atoms with Gasteiger partial charge in [-0.2, -0.15) is 5.10 Å². The maximum absolute atomic E-state index is 13.3. The van der Waals surface area contributed by atoms with E-state index in [1.807, 2.05) is 29.9 Å². The fourth-order valence-electron chi connectivity index (χ4n) is 4.16. The number of hydrogen-bond acceptors (Lipinski definition) is 8. The lowest BCUT2D eigenvalue weighted by Gasteiger charge is -2.16. The predicted molar refractivity (Wildman–Crippen MR) is 120 cm³/mol. The van der Waals surface area contributed by atoms with Gasteiger partial charge in [0.25, 0.3) is 10.0 Å². The summed E-state index contributed by atoms with van der Waals surface area (Å²) in [7, 11) is -1.35. The molecule has 0 spiro atoms. The van der Waals surface area contributed by atoms with Crippen LogP contribution < -0.4 is 18.9 Å². The number of sulfonamides is 1. The maximum Gasteiger partial charge on any atom is 0.270 e. The molecule has 11 heteroatoms. The molecule has 0 saturated heterocycles. The van der Waals surface area contributed by atoms with Crippen LogP contribution in [0.25, 0.3) is 11.0 Å². The molecule has 2 aromatic heterocycles. The van der Waals surface area contributed by atoms with Crippen molar-refractivity contribution >= 4 is 26.8 Å². The molecule has 0 radical (unpaired) electrons. The molecule has 1 unspecified atom stereocenters. The molecule has 4 aromatic rings. The number of ether oxygens (including phenoxy) is 3. The van der Waals surface area contributed by atoms with E-state index < -0.39 is 10.0 Å². The van der Waals surface area contributed by atoms with E-state index in [0.29, 0.717) is 29.7 Å². The molecule has 172 valence electrons. The first-order valence-corrected chi connectivity index (χ1v) is 11.7. The normalized spacial score (nSPS) is 14.0. The van der Waals surface area contributed by atoms with Crippen molar-refractivity contribution in [1.29, 1.82) is 0 Å². The average molecular weight is 471 g/mol. The van der Waals surface area contributed by atoms with Crippen LogP contribution in [0.1, 0.15) is 24.1 Å². The summed E-state index contributed by atoms with van der Waals surface area (Å²) >= 11 is 0. The molecule has 0 bridgehead atoms. The number of anilines is 1. The molecule has 0 amide bonds. The molecule has 33 heavy (non-hydrogen) atoms. The van der Waals surface area contributed by atoms with E-state index in [4.69, 9.17) is 18.7 Å². The average Bonchev–Trinajstić information content (AvgIpc) is 3.58. The Balaban J connectivity index is 1.61. The predicted octanol–water partition coefficient (Wildman–Crippen LogP) is 3.39. The second-order valence-electron chi connectivity index (χ2n) is 7.54. The summed E-state index contributed by atoms with van der Waals surface area (Å²) in [5, 5.41) is 8.81. The van der Waals surface area contributed by atoms with Gasteiger partial charge in [-0.1, -0.05) is 11.2 Å². The molecule has 2 aromatic carbocycles. The highest BCUT2D eigenvalue weighted by atomic mass is 32.2. The number of benzene rings is 2. The van der Waals surface area contributed by atoms with Gasteiger partial charge in [0.05, 0.1) is 26.9 Å². The number of rotatable bonds is 7. The molecule has 5 rings (SSSR count). The third kappa shape index (κ3) is 3.44. The first-order chi connectivity index (χ1) is 15.9. The van der Waals surface area contributed by atoms with Gasteiger partial charge in [0, 0.05) is 24.4 Å². The van der Waals surface area contributed by atoms with Gasteiger partial charge in [-0.05, 0) is 36.8 Å². The van der Waals surface area contributed by atoms with Gasteiger partial charge in [0.15, 0.2) is 16.3 Å². The maximum atomic E-state index is 13.3. The highest BCUT2D eigenvalue weighted by Crippen LogP contribution is 2.44. The second-order valence-corrected chi connectivity index (χ2v) is 9.15. The Hall–Kier alpha value is -3.73. The Labute approximate surface area is 190 Å². The monoisotopic (exact) mass is 470 g/mol. The van der Waals surface area contributed by atoms with Crippen molar-refractivity contribution in [2.75, 3.05) is 25.5 Å². The molecule has 1 aliphatic rings. The van der Waals surface area contributed by atoms with Gasteiger partial charge in [-0.25, -0.2) is 8.42 Å². The summed E-state index contributed by atoms with van der Waals surface area (Å²) in [5.41, 5.74) is 2.37. The lowest BCUT2D eigenvalue weighted by atomic mass is 9.97. The number of aromatic nitrogens is 3. The van der Waals surface area contributed by atoms with Gasteiger partial charge in [0.1, 0.15) is 22.6 Å². The zero-order valence-corrected chi connectivity index (χ0v) is 19.0. The standard InChI is InChI=1S/C22H22N4O6S/c1-13(26-10-5-9-23-26)15-12-18-19(20-14(15)8-11-31-20)22(24-32-18)25-33(27,28)21-16(29-2)6-4-7-17(21)30-3/h4-7,9-10,12-13H,8,11H2,1-3H3,(H,24,25). The van der Waals surface area contributed by atoms with Crippen molar-refractivity contribution in [3.05, 3.63) is 53.9 Å². The smallest absolute Gasteiger partial charge is 0.270 e. The van der Waals surface area contributed by atoms with Crippen LogP contribution in [-0.2, 0) is 16.4 Å². The first kappa shape index (κ1) is 21.1. The van der Waals surface area contributed by atoms with E-state index >= 15 is 0 Å². The minimum Gasteiger partial charge on any atom is -0.495 e. The van der Waals surface area contributed by atoms with E-state index in [-0.39, 0.29) is 28.3 Å². The Morgan fingerprint density at radius 3 is 2.61 bits per heavy atom. The molecule has 3 heterocycles. The van der Waals surface area contributed by atoms with E-state index in [2.05, 4.69) is 15.0 Å². The Morgan fingerprint density at radius 1 is 1.18 bits per heavy atom. The Kier molecular flexibility index (Phi) is 5.12. The molecule has 10 nitrogen and oxygen atoms in total. The second kappa shape index (κ2) is 8.00. The molecule has 0 aliphatic carbocycles. The number of methoxy groups -OCH3 is 2. The van der Waals surface area contributed by atoms with Crippen molar-refractivity contribution in [3.63, 3.8) is 0 Å². The Morgan fingerprint density at radius 2 is 1.94 bits per heavy atom. The summed E-state index contributed by atoms with van der Waals surface area (Å²) in [6, 6.07) is 8.39. The zero-order chi connectivity index (χ0) is 23.2. The number of nitrogens with one attached hydrogen (secondary N) is 1. The van der Waals surface area contributed by atoms with E-state index in [1.54, 1.807) is 24.4 Å². The quantitative estimate of drug-likeness (QED) is 0.437. The number of nitrogens with zero attached hydrogens (tertiary/aromatic N) is 3. The van der Waals surface area contributed by atoms with Crippen LogP contribution in [0.15, 0.2) is 52.1 Å². The van der Waals surface area contributed by atoms with Gasteiger partial charge >= 0.3 is 0 Å². The van der Waals surface area contributed by atoms with Gasteiger partial charge in [0.2, 0.25) is 0 Å². The topological polar surface area (TPSA) is 118 Å². The summed E-state index contributed by atoms with van der Waals surface area (Å²) in [6.45, 7) is 2.51. The van der Waals surface area contributed by atoms with Crippen LogP contribution in [-0.4, -0.2) is 44.2 Å². The number of hydrogen-bond donors (Lipinski definition) is 1. The third-order valence-corrected chi connectivity index (χ3v) is 7.11. The van der Waals surface area contributed by atoms with Crippen molar-refractivity contribution in [2.24, 2.45) is 0 Å². The summed E-state index contributed by atoms with van der Waals surface area (Å²) in [5.74, 6) is 0.889. The molecule has 0 fully saturated rings. The summed E-state index contributed by atoms with van der Waals surface area (Å²) in [4.78, 5) is -0.132. The minimum atomic E-state index is -4.13. The van der Waals surface area contributed by atoms with Crippen LogP contribution in [0, 0.1) is 0 Å². The highest BCUT2D eigenvalue weighted by Gasteiger charge is 2.31. The SMILES string of the molecule is COc1cccc(OC)c1S(=O)(=O)Nc1noc2cc(C(C)n3cccn3)c3c(c12)OCC3. The summed E-state index contributed by atoms with van der Waals surface area (Å²) < 4.78 is 53.0. The highest BCUT2D eigenvalue weighted by molar-refractivity contribution is 7.93. The molecule has 1 atom stereocenters. The van der Waals surface area contributed by atoms with Gasteiger partial charge in [-0.3, -0.25) is 9.40 Å². The van der Waals surface area contributed by atoms with Crippen molar-refractivity contribution < 1.29 is 27.2 Å². The fourth-order valence-corrected chi connectivity index (χ4v) is 5.49. The third-order valence-electron chi connectivity index (χ3n) is 5.71. The molecule has 0 saturated carbocycles. The zero-order valence-electron chi connectivity index (χ0n) is 18.2. The summed E-state index contributed by atoms with van der Waals surface area (Å²) in [6.07, 6.45) is 4.29. The van der Waals surface area contributed by atoms with Crippen LogP contribution >= 0.6 is 0 Å². The molecular formula is C22H22N4O6S. The molecule has 1 N–H and O–H groups in total. The fraction of sp³-hybridized carbons (Fsp3) is 0.273. The largest absolute Gasteiger partial charge is 0.495 e. The van der Waals surface area contributed by atoms with E-state index in [9.17, 15) is 8.42 Å². The van der Waals surface area contributed by atoms with E-state index in [0.717, 1.165) is 11.1 Å². The van der Waals surface area contributed by atoms with Crippen molar-refractivity contribution in [2.45, 2.75) is 24.3 Å². The van der Waals surface area contributed by atoms with Gasteiger partial charge < -0.3 is 18.7 Å². The van der Waals surface area contributed by atoms with Gasteiger partial charge in [-0.15, -0.1) is 0 Å². The van der Waals surface area contributed by atoms with Crippen molar-refractivity contribution in [3.8, 4) is 17.2 Å². The van der Waals surface area contributed by atoms with Crippen LogP contribution in [0.3, 0.4) is 0 Å². The lowest BCUT2D eigenvalue weighted by Crippen LogP contribution is -2.16.